The molecule has 0 spiro atoms. The summed E-state index contributed by atoms with van der Waals surface area (Å²) in [6, 6.07) is 0. The van der Waals surface area contributed by atoms with Crippen LogP contribution in [0, 0.1) is 83.5 Å². The number of rotatable bonds is 12. The Bertz CT molecular complexity index is 2610. The summed E-state index contributed by atoms with van der Waals surface area (Å²) < 4.78 is 63.8. The van der Waals surface area contributed by atoms with E-state index in [4.69, 9.17) is 31.4 Å². The summed E-state index contributed by atoms with van der Waals surface area (Å²) in [5.74, 6) is 0.376. The second-order valence-corrected chi connectivity index (χ2v) is 18.1. The van der Waals surface area contributed by atoms with Gasteiger partial charge in [-0.1, -0.05) is 0 Å². The van der Waals surface area contributed by atoms with Crippen LogP contribution >= 0.6 is 23.5 Å². The summed E-state index contributed by atoms with van der Waals surface area (Å²) in [5.41, 5.74) is 18.6. The number of fused-ring (bicyclic) bond motifs is 3. The second-order valence-electron chi connectivity index (χ2n) is 14.6. The van der Waals surface area contributed by atoms with Gasteiger partial charge in [-0.2, -0.15) is 0 Å². The van der Waals surface area contributed by atoms with Gasteiger partial charge in [0, 0.05) is 0 Å². The number of nitrogens with zero attached hydrogens (tertiary/aromatic N) is 12. The number of hydrogen-bond donors (Lipinski definition) is 9. The van der Waals surface area contributed by atoms with E-state index in [-0.39, 0.29) is 134 Å². The molecule has 0 aliphatic carbocycles. The summed E-state index contributed by atoms with van der Waals surface area (Å²) in [7, 11) is -15.7. The van der Waals surface area contributed by atoms with Crippen molar-refractivity contribution in [3.8, 4) is 0 Å². The monoisotopic (exact) mass is 1310 g/mol. The molecule has 3 aliphatic rings. The Morgan fingerprint density at radius 1 is 0.451 bits per heavy atom. The third kappa shape index (κ3) is 14.0. The van der Waals surface area contributed by atoms with Crippen molar-refractivity contribution in [1.82, 2.24) is 58.6 Å². The molecule has 3 saturated heterocycles. The number of hydrogen-bond acceptors (Lipinski definition) is 33. The second kappa shape index (κ2) is 24.2. The standard InChI is InChI=1S/3C10H14N5O7P.2Ce/c3*11-8-5-9(13-2-12-8)15(3-14-5)10-7(17)6(16)4(22-10)1-21-23(18,19)20;;/h3*2-4,6-7,10,16-17H,1H2,(H2,11,12,13)(H2,18,19,20);;/q;;;2*+3/p-6/t3*4-,6-,7-,10-;;/m111../s1. The molecule has 3 fully saturated rings. The van der Waals surface area contributed by atoms with Crippen LogP contribution in [0.4, 0.5) is 17.5 Å². The van der Waals surface area contributed by atoms with E-state index in [0.717, 1.165) is 0 Å². The molecule has 0 aromatic carbocycles. The minimum absolute atomic E-state index is 0. The first-order valence-corrected chi connectivity index (χ1v) is 23.5. The van der Waals surface area contributed by atoms with Crippen LogP contribution < -0.4 is 46.6 Å². The van der Waals surface area contributed by atoms with Gasteiger partial charge in [0.2, 0.25) is 0 Å². The van der Waals surface area contributed by atoms with Gasteiger partial charge in [0.25, 0.3) is 0 Å². The molecule has 6 aromatic rings. The van der Waals surface area contributed by atoms with Crippen molar-refractivity contribution < 1.29 is 185 Å². The van der Waals surface area contributed by atoms with Crippen molar-refractivity contribution >= 4 is 74.4 Å². The van der Waals surface area contributed by atoms with Crippen molar-refractivity contribution in [2.24, 2.45) is 0 Å². The van der Waals surface area contributed by atoms with Gasteiger partial charge < -0.3 is 119 Å². The van der Waals surface area contributed by atoms with E-state index in [1.807, 2.05) is 0 Å². The fraction of sp³-hybridized carbons (Fsp3) is 0.500. The Morgan fingerprint density at radius 3 is 0.915 bits per heavy atom. The Hall–Kier alpha value is -2.23. The van der Waals surface area contributed by atoms with Crippen molar-refractivity contribution in [2.45, 2.75) is 73.6 Å². The summed E-state index contributed by atoms with van der Waals surface area (Å²) >= 11 is 0. The Balaban J connectivity index is 0.000000195. The van der Waals surface area contributed by atoms with Crippen LogP contribution in [0.15, 0.2) is 38.0 Å². The largest absolute Gasteiger partial charge is 3.00 e. The van der Waals surface area contributed by atoms with E-state index in [2.05, 4.69) is 58.4 Å². The first kappa shape index (κ1) is 59.6. The SMILES string of the molecule is Nc1ncnc2c1ncn2[C@@H]1O[C@H](COP(=O)([O-])[O-])[C@@H](O)[C@H]1O.Nc1ncnc2c1ncn2[C@@H]1O[C@H](COP(=O)([O-])[O-])[C@@H](O)[C@H]1O.Nc1ncnc2c1ncn2[C@@H]1O[C@H](COP(=O)([O-])[O-])[C@@H](O)[C@H]1O.[Ce+3].[Ce+3]. The minimum atomic E-state index is -5.22. The number of aliphatic hydroxyl groups excluding tert-OH is 6. The Morgan fingerprint density at radius 2 is 0.690 bits per heavy atom. The van der Waals surface area contributed by atoms with Crippen LogP contribution in [0.2, 0.25) is 0 Å². The van der Waals surface area contributed by atoms with Crippen molar-refractivity contribution in [1.29, 1.82) is 0 Å². The van der Waals surface area contributed by atoms with Gasteiger partial charge in [-0.15, -0.1) is 0 Å². The van der Waals surface area contributed by atoms with Crippen molar-refractivity contribution in [2.75, 3.05) is 37.0 Å². The molecule has 2 radical (unpaired) electrons. The van der Waals surface area contributed by atoms with Gasteiger partial charge in [0.05, 0.1) is 62.3 Å². The molecule has 0 unspecified atom stereocenters. The molecule has 9 rings (SSSR count). The van der Waals surface area contributed by atoms with Gasteiger partial charge in [-0.05, 0) is 0 Å². The molecular formula is C30H36Ce2N15O21P3. The predicted molar refractivity (Wildman–Crippen MR) is 208 cm³/mol. The number of phosphoric acid groups is 3. The fourth-order valence-corrected chi connectivity index (χ4v) is 7.94. The summed E-state index contributed by atoms with van der Waals surface area (Å²) in [6.07, 6.45) is -8.24. The quantitative estimate of drug-likeness (QED) is 0.0514. The van der Waals surface area contributed by atoms with Crippen molar-refractivity contribution in [3.05, 3.63) is 38.0 Å². The number of nitrogens with two attached hydrogens (primary N) is 3. The molecule has 0 saturated carbocycles. The molecule has 380 valence electrons. The summed E-state index contributed by atoms with van der Waals surface area (Å²) in [5, 5.41) is 60.0. The van der Waals surface area contributed by atoms with Gasteiger partial charge >= 0.3 is 83.5 Å². The third-order valence-corrected chi connectivity index (χ3v) is 11.6. The zero-order valence-corrected chi connectivity index (χ0v) is 44.2. The van der Waals surface area contributed by atoms with Crippen LogP contribution in [0.3, 0.4) is 0 Å². The number of nitrogen functional groups attached to an aromatic ring is 3. The van der Waals surface area contributed by atoms with Crippen LogP contribution in [0.25, 0.3) is 33.5 Å². The molecule has 0 amide bonds. The third-order valence-electron chi connectivity index (χ3n) is 10.2. The van der Waals surface area contributed by atoms with E-state index >= 15 is 0 Å². The topological polar surface area (TPSA) is 575 Å². The maximum Gasteiger partial charge on any atom is 3.00 e. The predicted octanol–water partition coefficient (Wildman–Crippen LogP) is -9.38. The molecule has 12 N–H and O–H groups in total. The van der Waals surface area contributed by atoms with Crippen molar-refractivity contribution in [3.63, 3.8) is 0 Å². The average Bonchev–Trinajstić information content (AvgIpc) is 4.14. The minimum Gasteiger partial charge on any atom is -0.790 e. The van der Waals surface area contributed by atoms with Crippen LogP contribution in [-0.4, -0.2) is 164 Å². The molecule has 0 bridgehead atoms. The zero-order valence-electron chi connectivity index (χ0n) is 35.3. The van der Waals surface area contributed by atoms with Crippen LogP contribution in [0.1, 0.15) is 18.7 Å². The Labute approximate surface area is 462 Å². The van der Waals surface area contributed by atoms with Crippen LogP contribution in [0.5, 0.6) is 0 Å². The van der Waals surface area contributed by atoms with E-state index in [1.54, 1.807) is 0 Å². The van der Waals surface area contributed by atoms with Gasteiger partial charge in [0.15, 0.2) is 53.1 Å². The molecular weight excluding hydrogens is 1280 g/mol. The van der Waals surface area contributed by atoms with Crippen LogP contribution in [-0.2, 0) is 41.5 Å². The van der Waals surface area contributed by atoms with E-state index in [0.29, 0.717) is 0 Å². The zero-order chi connectivity index (χ0) is 50.3. The molecule has 3 aliphatic heterocycles. The molecule has 12 atom stereocenters. The molecule has 36 nitrogen and oxygen atoms in total. The summed E-state index contributed by atoms with van der Waals surface area (Å²) in [6.45, 7) is -2.16. The number of aromatic nitrogens is 12. The maximum atomic E-state index is 10.5. The fourth-order valence-electron chi connectivity index (χ4n) is 6.95. The maximum absolute atomic E-state index is 10.5. The first-order valence-electron chi connectivity index (χ1n) is 19.2. The summed E-state index contributed by atoms with van der Waals surface area (Å²) in [4.78, 5) is 98.3. The molecule has 71 heavy (non-hydrogen) atoms. The normalized spacial score (nSPS) is 27.7. The molecule has 41 heteroatoms. The number of phosphoric ester groups is 3. The van der Waals surface area contributed by atoms with Gasteiger partial charge in [0.1, 0.15) is 90.5 Å². The van der Waals surface area contributed by atoms with Gasteiger partial charge in [-0.3, -0.25) is 13.7 Å². The van der Waals surface area contributed by atoms with E-state index < -0.39 is 117 Å². The Kier molecular flexibility index (Phi) is 20.3. The number of anilines is 3. The average molecular weight is 1320 g/mol. The van der Waals surface area contributed by atoms with E-state index in [1.165, 1.54) is 51.7 Å². The van der Waals surface area contributed by atoms with Gasteiger partial charge in [-0.25, -0.2) is 44.9 Å². The number of ether oxygens (including phenoxy) is 3. The first-order chi connectivity index (χ1) is 32.3. The number of imidazole rings is 3. The molecule has 9 heterocycles. The smallest absolute Gasteiger partial charge is 0.790 e. The van der Waals surface area contributed by atoms with E-state index in [9.17, 15) is 73.7 Å². The number of aliphatic hydroxyl groups is 6. The molecule has 6 aromatic heterocycles.